The van der Waals surface area contributed by atoms with Gasteiger partial charge in [-0.25, -0.2) is 0 Å². The lowest BCUT2D eigenvalue weighted by Crippen LogP contribution is -2.38. The third kappa shape index (κ3) is 16.8. The maximum atomic E-state index is 12.2. The highest BCUT2D eigenvalue weighted by Crippen LogP contribution is 2.20. The summed E-state index contributed by atoms with van der Waals surface area (Å²) in [5.74, 6) is -2.13. The van der Waals surface area contributed by atoms with Crippen molar-refractivity contribution in [1.29, 1.82) is 0 Å². The summed E-state index contributed by atoms with van der Waals surface area (Å²) in [5, 5.41) is 25.8. The number of nitrogens with one attached hydrogen (secondary N) is 3. The number of aryl methyl sites for hydroxylation is 1. The normalized spacial score (nSPS) is 10.1. The SMILES string of the molecule is CCC(=O)O.CN.CNCc1cc2ccccc2n1CCC(=O)NCC(=O)NCCOCCOCCC(=O)O. The van der Waals surface area contributed by atoms with Crippen molar-refractivity contribution in [2.24, 2.45) is 5.73 Å². The van der Waals surface area contributed by atoms with Crippen LogP contribution in [0.5, 0.6) is 0 Å². The molecule has 1 aromatic heterocycles. The molecule has 1 aromatic carbocycles. The summed E-state index contributed by atoms with van der Waals surface area (Å²) in [5.41, 5.74) is 6.68. The van der Waals surface area contributed by atoms with Gasteiger partial charge in [0.2, 0.25) is 11.8 Å². The minimum Gasteiger partial charge on any atom is -0.481 e. The Kier molecular flexibility index (Phi) is 20.4. The zero-order valence-electron chi connectivity index (χ0n) is 23.0. The van der Waals surface area contributed by atoms with E-state index in [0.29, 0.717) is 39.5 Å². The maximum Gasteiger partial charge on any atom is 0.305 e. The fraction of sp³-hybridized carbons (Fsp3) is 0.538. The zero-order valence-corrected chi connectivity index (χ0v) is 23.0. The van der Waals surface area contributed by atoms with Gasteiger partial charge in [0.15, 0.2) is 0 Å². The predicted octanol–water partition coefficient (Wildman–Crippen LogP) is 0.547. The molecule has 2 aromatic rings. The molecule has 13 heteroatoms. The minimum absolute atomic E-state index is 0.0408. The number of carbonyl (C=O) groups is 4. The third-order valence-electron chi connectivity index (χ3n) is 4.97. The Morgan fingerprint density at radius 1 is 0.897 bits per heavy atom. The smallest absolute Gasteiger partial charge is 0.305 e. The first-order valence-corrected chi connectivity index (χ1v) is 12.7. The largest absolute Gasteiger partial charge is 0.481 e. The van der Waals surface area contributed by atoms with Gasteiger partial charge < -0.3 is 45.9 Å². The lowest BCUT2D eigenvalue weighted by molar-refractivity contribution is -0.138. The van der Waals surface area contributed by atoms with Crippen molar-refractivity contribution < 1.29 is 38.9 Å². The molecular weight excluding hydrogens is 510 g/mol. The number of amides is 2. The molecule has 7 N–H and O–H groups in total. The molecular formula is C26H43N5O8. The standard InChI is InChI=1S/C22H32N4O6.C3H6O2.CH5N/c1-23-15-18-14-17-4-2-3-5-19(17)26(18)9-6-20(27)25-16-21(28)24-8-11-32-13-12-31-10-7-22(29)30;1-2-3(4)5;1-2/h2-5,14,23H,6-13,15-16H2,1H3,(H,24,28)(H,25,27)(H,29,30);2H2,1H3,(H,4,5);2H2,1H3. The van der Waals surface area contributed by atoms with Crippen LogP contribution in [0.2, 0.25) is 0 Å². The Morgan fingerprint density at radius 2 is 1.54 bits per heavy atom. The van der Waals surface area contributed by atoms with Gasteiger partial charge in [0.1, 0.15) is 0 Å². The summed E-state index contributed by atoms with van der Waals surface area (Å²) in [7, 11) is 3.38. The molecule has 39 heavy (non-hydrogen) atoms. The van der Waals surface area contributed by atoms with Crippen LogP contribution in [-0.2, 0) is 41.7 Å². The number of benzene rings is 1. The molecule has 220 valence electrons. The number of nitrogens with two attached hydrogens (primary N) is 1. The van der Waals surface area contributed by atoms with Gasteiger partial charge in [-0.3, -0.25) is 19.2 Å². The molecule has 0 aliphatic carbocycles. The number of ether oxygens (including phenoxy) is 2. The Balaban J connectivity index is 0.00000185. The van der Waals surface area contributed by atoms with E-state index in [1.165, 1.54) is 7.05 Å². The lowest BCUT2D eigenvalue weighted by Gasteiger charge is -2.11. The highest BCUT2D eigenvalue weighted by atomic mass is 16.5. The van der Waals surface area contributed by atoms with E-state index in [1.807, 2.05) is 31.3 Å². The number of carboxylic acid groups (broad SMARTS) is 2. The Morgan fingerprint density at radius 3 is 2.15 bits per heavy atom. The second kappa shape index (κ2) is 22.5. The molecule has 0 bridgehead atoms. The molecule has 0 aliphatic rings. The molecule has 0 atom stereocenters. The van der Waals surface area contributed by atoms with Crippen LogP contribution in [0.15, 0.2) is 30.3 Å². The molecule has 0 saturated carbocycles. The second-order valence-electron chi connectivity index (χ2n) is 7.87. The number of para-hydroxylation sites is 1. The summed E-state index contributed by atoms with van der Waals surface area (Å²) in [6.45, 7) is 4.11. The Labute approximate surface area is 229 Å². The average Bonchev–Trinajstić information content (AvgIpc) is 3.28. The number of fused-ring (bicyclic) bond motifs is 1. The summed E-state index contributed by atoms with van der Waals surface area (Å²) in [6, 6.07) is 10.2. The predicted molar refractivity (Wildman–Crippen MR) is 147 cm³/mol. The minimum atomic E-state index is -0.905. The van der Waals surface area contributed by atoms with Crippen LogP contribution in [0.25, 0.3) is 10.9 Å². The first-order valence-electron chi connectivity index (χ1n) is 12.7. The fourth-order valence-electron chi connectivity index (χ4n) is 3.15. The fourth-order valence-corrected chi connectivity index (χ4v) is 3.15. The van der Waals surface area contributed by atoms with E-state index >= 15 is 0 Å². The number of hydrogen-bond donors (Lipinski definition) is 6. The van der Waals surface area contributed by atoms with Crippen LogP contribution in [0.3, 0.4) is 0 Å². The van der Waals surface area contributed by atoms with Crippen LogP contribution < -0.4 is 21.7 Å². The van der Waals surface area contributed by atoms with E-state index in [0.717, 1.165) is 16.6 Å². The summed E-state index contributed by atoms with van der Waals surface area (Å²) in [6.07, 6.45) is 0.453. The molecule has 0 saturated heterocycles. The van der Waals surface area contributed by atoms with Crippen molar-refractivity contribution in [3.63, 3.8) is 0 Å². The van der Waals surface area contributed by atoms with Gasteiger partial charge in [-0.2, -0.15) is 0 Å². The molecule has 2 amide bonds. The topological polar surface area (TPSA) is 194 Å². The summed E-state index contributed by atoms with van der Waals surface area (Å²) in [4.78, 5) is 43.7. The molecule has 2 rings (SSSR count). The van der Waals surface area contributed by atoms with E-state index < -0.39 is 11.9 Å². The highest BCUT2D eigenvalue weighted by Gasteiger charge is 2.11. The number of aromatic nitrogens is 1. The monoisotopic (exact) mass is 553 g/mol. The van der Waals surface area contributed by atoms with E-state index in [2.05, 4.69) is 32.3 Å². The molecule has 0 aliphatic heterocycles. The summed E-state index contributed by atoms with van der Waals surface area (Å²) >= 11 is 0. The molecule has 0 unspecified atom stereocenters. The zero-order chi connectivity index (χ0) is 29.5. The van der Waals surface area contributed by atoms with E-state index in [-0.39, 0.29) is 44.2 Å². The van der Waals surface area contributed by atoms with Crippen molar-refractivity contribution in [2.75, 3.05) is 53.6 Å². The van der Waals surface area contributed by atoms with Gasteiger partial charge in [-0.1, -0.05) is 25.1 Å². The van der Waals surface area contributed by atoms with Crippen molar-refractivity contribution in [1.82, 2.24) is 20.5 Å². The van der Waals surface area contributed by atoms with Crippen LogP contribution in [0, 0.1) is 0 Å². The molecule has 13 nitrogen and oxygen atoms in total. The van der Waals surface area contributed by atoms with Gasteiger partial charge in [0, 0.05) is 43.7 Å². The van der Waals surface area contributed by atoms with Crippen LogP contribution >= 0.6 is 0 Å². The quantitative estimate of drug-likeness (QED) is 0.151. The number of carboxylic acids is 2. The van der Waals surface area contributed by atoms with Crippen molar-refractivity contribution in [3.8, 4) is 0 Å². The molecule has 0 radical (unpaired) electrons. The first kappa shape index (κ1) is 35.5. The second-order valence-corrected chi connectivity index (χ2v) is 7.87. The van der Waals surface area contributed by atoms with Crippen molar-refractivity contribution in [2.45, 2.75) is 39.3 Å². The van der Waals surface area contributed by atoms with Crippen LogP contribution in [0.4, 0.5) is 0 Å². The summed E-state index contributed by atoms with van der Waals surface area (Å²) < 4.78 is 12.5. The van der Waals surface area contributed by atoms with Gasteiger partial charge >= 0.3 is 11.9 Å². The number of hydrogen-bond acceptors (Lipinski definition) is 8. The number of aliphatic carboxylic acids is 2. The highest BCUT2D eigenvalue weighted by molar-refractivity contribution is 5.85. The number of carbonyl (C=O) groups excluding carboxylic acids is 2. The van der Waals surface area contributed by atoms with Gasteiger partial charge in [-0.05, 0) is 31.6 Å². The van der Waals surface area contributed by atoms with Crippen molar-refractivity contribution >= 4 is 34.7 Å². The number of nitrogens with zero attached hydrogens (tertiary/aromatic N) is 1. The average molecular weight is 554 g/mol. The molecule has 0 spiro atoms. The maximum absolute atomic E-state index is 12.2. The van der Waals surface area contributed by atoms with E-state index in [4.69, 9.17) is 19.7 Å². The lowest BCUT2D eigenvalue weighted by atomic mass is 10.2. The van der Waals surface area contributed by atoms with Gasteiger partial charge in [-0.15, -0.1) is 0 Å². The van der Waals surface area contributed by atoms with E-state index in [1.54, 1.807) is 6.92 Å². The van der Waals surface area contributed by atoms with Crippen LogP contribution in [0.1, 0.15) is 31.9 Å². The molecule has 1 heterocycles. The number of rotatable bonds is 17. The Bertz CT molecular complexity index is 996. The third-order valence-corrected chi connectivity index (χ3v) is 4.97. The van der Waals surface area contributed by atoms with E-state index in [9.17, 15) is 19.2 Å². The first-order chi connectivity index (χ1) is 18.8. The molecule has 0 fully saturated rings. The van der Waals surface area contributed by atoms with Gasteiger partial charge in [0.25, 0.3) is 0 Å². The Hall–Kier alpha value is -3.52. The van der Waals surface area contributed by atoms with Crippen LogP contribution in [-0.4, -0.2) is 92.1 Å². The van der Waals surface area contributed by atoms with Gasteiger partial charge in [0.05, 0.1) is 39.4 Å². The van der Waals surface area contributed by atoms with Crippen molar-refractivity contribution in [3.05, 3.63) is 36.0 Å².